The highest BCUT2D eigenvalue weighted by molar-refractivity contribution is 7.07. The van der Waals surface area contributed by atoms with Crippen molar-refractivity contribution in [1.29, 1.82) is 0 Å². The first-order valence-corrected chi connectivity index (χ1v) is 13.2. The fourth-order valence-corrected chi connectivity index (χ4v) is 5.72. The largest absolute Gasteiger partial charge is 0.497 e. The van der Waals surface area contributed by atoms with E-state index in [1.165, 1.54) is 11.3 Å². The highest BCUT2D eigenvalue weighted by Gasteiger charge is 2.35. The number of aromatic nitrogens is 1. The fraction of sp³-hybridized carbons (Fsp3) is 0.167. The van der Waals surface area contributed by atoms with Gasteiger partial charge in [0.25, 0.3) is 5.56 Å². The summed E-state index contributed by atoms with van der Waals surface area (Å²) in [5.41, 5.74) is 2.74. The standard InChI is InChI=1S/C30H24N2O6S/c1-3-36-29(34)25-26(19-8-5-4-6-9-19)31-30-32(27(25)20-10-7-11-21(16-20)35-2)28(33)24(39-30)15-18-12-13-22-23(14-18)38-17-37-22/h4-16,27H,3,17H2,1-2H3/b24-15-/t27-/m0/s1. The average molecular weight is 541 g/mol. The van der Waals surface area contributed by atoms with E-state index in [1.807, 2.05) is 72.8 Å². The fourth-order valence-electron chi connectivity index (χ4n) is 4.72. The Morgan fingerprint density at radius 2 is 1.90 bits per heavy atom. The van der Waals surface area contributed by atoms with Crippen LogP contribution in [0, 0.1) is 0 Å². The van der Waals surface area contributed by atoms with Gasteiger partial charge in [-0.15, -0.1) is 0 Å². The molecule has 0 saturated heterocycles. The first kappa shape index (κ1) is 24.7. The zero-order chi connectivity index (χ0) is 26.9. The van der Waals surface area contributed by atoms with Gasteiger partial charge in [0.2, 0.25) is 6.79 Å². The third kappa shape index (κ3) is 4.51. The average Bonchev–Trinajstić information content (AvgIpc) is 3.56. The SMILES string of the molecule is CCOC(=O)C1=C(c2ccccc2)N=c2s/c(=C\c3ccc4c(c3)OCO4)c(=O)n2[C@H]1c1cccc(OC)c1. The van der Waals surface area contributed by atoms with Gasteiger partial charge in [0.15, 0.2) is 16.3 Å². The summed E-state index contributed by atoms with van der Waals surface area (Å²) in [5.74, 6) is 1.37. The van der Waals surface area contributed by atoms with E-state index in [2.05, 4.69) is 0 Å². The molecule has 39 heavy (non-hydrogen) atoms. The van der Waals surface area contributed by atoms with E-state index in [4.69, 9.17) is 23.9 Å². The summed E-state index contributed by atoms with van der Waals surface area (Å²) in [7, 11) is 1.58. The predicted molar refractivity (Wildman–Crippen MR) is 147 cm³/mol. The number of thiazole rings is 1. The van der Waals surface area contributed by atoms with E-state index in [-0.39, 0.29) is 19.0 Å². The molecular weight excluding hydrogens is 516 g/mol. The van der Waals surface area contributed by atoms with Gasteiger partial charge in [-0.2, -0.15) is 0 Å². The van der Waals surface area contributed by atoms with Gasteiger partial charge < -0.3 is 18.9 Å². The van der Waals surface area contributed by atoms with Crippen LogP contribution in [0.2, 0.25) is 0 Å². The van der Waals surface area contributed by atoms with Crippen molar-refractivity contribution in [2.24, 2.45) is 4.99 Å². The Labute approximate surface area is 227 Å². The topological polar surface area (TPSA) is 88.4 Å². The van der Waals surface area contributed by atoms with Gasteiger partial charge in [0.05, 0.1) is 35.6 Å². The first-order chi connectivity index (χ1) is 19.1. The Morgan fingerprint density at radius 3 is 2.69 bits per heavy atom. The van der Waals surface area contributed by atoms with Crippen molar-refractivity contribution in [3.63, 3.8) is 0 Å². The number of methoxy groups -OCH3 is 1. The molecule has 1 atom stereocenters. The number of hydrogen-bond donors (Lipinski definition) is 0. The number of esters is 1. The van der Waals surface area contributed by atoms with Crippen LogP contribution >= 0.6 is 11.3 Å². The van der Waals surface area contributed by atoms with E-state index in [1.54, 1.807) is 24.7 Å². The second-order valence-corrected chi connectivity index (χ2v) is 9.83. The molecule has 0 aliphatic carbocycles. The molecule has 0 saturated carbocycles. The van der Waals surface area contributed by atoms with Crippen LogP contribution < -0.4 is 29.1 Å². The van der Waals surface area contributed by atoms with Gasteiger partial charge in [0, 0.05) is 5.56 Å². The lowest BCUT2D eigenvalue weighted by atomic mass is 9.93. The summed E-state index contributed by atoms with van der Waals surface area (Å²) in [6.07, 6.45) is 1.80. The number of benzene rings is 3. The van der Waals surface area contributed by atoms with Crippen LogP contribution in [-0.2, 0) is 9.53 Å². The quantitative estimate of drug-likeness (QED) is 0.347. The van der Waals surface area contributed by atoms with Crippen molar-refractivity contribution in [3.05, 3.63) is 115 Å². The summed E-state index contributed by atoms with van der Waals surface area (Å²) in [5, 5.41) is 0. The van der Waals surface area contributed by atoms with Crippen LogP contribution in [-0.4, -0.2) is 31.0 Å². The molecule has 0 fully saturated rings. The maximum Gasteiger partial charge on any atom is 0.338 e. The van der Waals surface area contributed by atoms with E-state index < -0.39 is 12.0 Å². The summed E-state index contributed by atoms with van der Waals surface area (Å²) < 4.78 is 23.9. The molecule has 0 spiro atoms. The number of carbonyl (C=O) groups excluding carboxylic acids is 1. The van der Waals surface area contributed by atoms with Crippen LogP contribution in [0.25, 0.3) is 11.8 Å². The van der Waals surface area contributed by atoms with Crippen LogP contribution in [0.4, 0.5) is 0 Å². The Balaban J connectivity index is 1.62. The number of ether oxygens (including phenoxy) is 4. The Morgan fingerprint density at radius 1 is 1.08 bits per heavy atom. The number of rotatable bonds is 6. The lowest BCUT2D eigenvalue weighted by Gasteiger charge is -2.26. The minimum atomic E-state index is -0.774. The number of hydrogen-bond acceptors (Lipinski definition) is 8. The van der Waals surface area contributed by atoms with Crippen molar-refractivity contribution in [1.82, 2.24) is 4.57 Å². The number of carbonyl (C=O) groups is 1. The molecule has 8 nitrogen and oxygen atoms in total. The molecule has 0 bridgehead atoms. The van der Waals surface area contributed by atoms with E-state index in [9.17, 15) is 9.59 Å². The zero-order valence-corrected chi connectivity index (χ0v) is 22.1. The monoisotopic (exact) mass is 540 g/mol. The molecule has 0 amide bonds. The molecule has 0 N–H and O–H groups in total. The van der Waals surface area contributed by atoms with Crippen LogP contribution in [0.1, 0.15) is 29.7 Å². The third-order valence-corrected chi connectivity index (χ3v) is 7.46. The van der Waals surface area contributed by atoms with Crippen molar-refractivity contribution in [3.8, 4) is 17.2 Å². The van der Waals surface area contributed by atoms with E-state index in [0.29, 0.717) is 43.4 Å². The molecule has 9 heteroatoms. The lowest BCUT2D eigenvalue weighted by molar-refractivity contribution is -0.138. The van der Waals surface area contributed by atoms with E-state index >= 15 is 0 Å². The first-order valence-electron chi connectivity index (χ1n) is 12.4. The van der Waals surface area contributed by atoms with Gasteiger partial charge in [-0.3, -0.25) is 9.36 Å². The highest BCUT2D eigenvalue weighted by Crippen LogP contribution is 2.36. The Kier molecular flexibility index (Phi) is 6.50. The summed E-state index contributed by atoms with van der Waals surface area (Å²) in [4.78, 5) is 32.9. The number of fused-ring (bicyclic) bond motifs is 2. The highest BCUT2D eigenvalue weighted by atomic mass is 32.1. The third-order valence-electron chi connectivity index (χ3n) is 6.48. The Hall–Kier alpha value is -4.63. The molecular formula is C30H24N2O6S. The summed E-state index contributed by atoms with van der Waals surface area (Å²) >= 11 is 1.26. The summed E-state index contributed by atoms with van der Waals surface area (Å²) in [6, 6.07) is 21.5. The molecule has 2 aliphatic heterocycles. The normalized spacial score (nSPS) is 16.1. The molecule has 3 aromatic carbocycles. The van der Waals surface area contributed by atoms with Crippen molar-refractivity contribution >= 4 is 29.1 Å². The van der Waals surface area contributed by atoms with Crippen LogP contribution in [0.5, 0.6) is 17.2 Å². The van der Waals surface area contributed by atoms with Gasteiger partial charge >= 0.3 is 5.97 Å². The molecule has 0 radical (unpaired) electrons. The van der Waals surface area contributed by atoms with Crippen molar-refractivity contribution < 1.29 is 23.7 Å². The van der Waals surface area contributed by atoms with Gasteiger partial charge in [-0.1, -0.05) is 59.9 Å². The zero-order valence-electron chi connectivity index (χ0n) is 21.2. The molecule has 1 aromatic heterocycles. The molecule has 196 valence electrons. The Bertz CT molecular complexity index is 1790. The minimum absolute atomic E-state index is 0.167. The maximum atomic E-state index is 14.0. The van der Waals surface area contributed by atoms with Gasteiger partial charge in [-0.05, 0) is 48.4 Å². The lowest BCUT2D eigenvalue weighted by Crippen LogP contribution is -2.40. The van der Waals surface area contributed by atoms with Crippen LogP contribution in [0.3, 0.4) is 0 Å². The van der Waals surface area contributed by atoms with Crippen molar-refractivity contribution in [2.75, 3.05) is 20.5 Å². The molecule has 0 unspecified atom stereocenters. The molecule has 2 aliphatic rings. The predicted octanol–water partition coefficient (Wildman–Crippen LogP) is 3.67. The van der Waals surface area contributed by atoms with Gasteiger partial charge in [0.1, 0.15) is 5.75 Å². The smallest absolute Gasteiger partial charge is 0.338 e. The molecule has 6 rings (SSSR count). The van der Waals surface area contributed by atoms with E-state index in [0.717, 1.165) is 11.1 Å². The maximum absolute atomic E-state index is 14.0. The minimum Gasteiger partial charge on any atom is -0.497 e. The number of nitrogens with zero attached hydrogens (tertiary/aromatic N) is 2. The second-order valence-electron chi connectivity index (χ2n) is 8.82. The molecule has 4 aromatic rings. The second kappa shape index (κ2) is 10.3. The van der Waals surface area contributed by atoms with Crippen LogP contribution in [0.15, 0.2) is 88.2 Å². The van der Waals surface area contributed by atoms with Gasteiger partial charge in [-0.25, -0.2) is 9.79 Å². The molecule has 3 heterocycles. The summed E-state index contributed by atoms with van der Waals surface area (Å²) in [6.45, 7) is 2.10. The van der Waals surface area contributed by atoms with Crippen molar-refractivity contribution in [2.45, 2.75) is 13.0 Å².